The summed E-state index contributed by atoms with van der Waals surface area (Å²) in [5.41, 5.74) is 1.48. The minimum absolute atomic E-state index is 0.171. The Morgan fingerprint density at radius 1 is 1.22 bits per heavy atom. The lowest BCUT2D eigenvalue weighted by atomic mass is 9.70. The van der Waals surface area contributed by atoms with Gasteiger partial charge in [0.2, 0.25) is 5.91 Å². The smallest absolute Gasteiger partial charge is 0.312 e. The molecule has 2 amide bonds. The van der Waals surface area contributed by atoms with Gasteiger partial charge in [0.1, 0.15) is 11.6 Å². The van der Waals surface area contributed by atoms with E-state index in [-0.39, 0.29) is 37.5 Å². The first kappa shape index (κ1) is 31.0. The first-order valence-corrected chi connectivity index (χ1v) is 15.0. The molecule has 0 aromatic heterocycles. The van der Waals surface area contributed by atoms with Gasteiger partial charge in [0.15, 0.2) is 0 Å². The molecule has 2 unspecified atom stereocenters. The maximum Gasteiger partial charge on any atom is 0.312 e. The van der Waals surface area contributed by atoms with Crippen LogP contribution in [0.25, 0.3) is 0 Å². The van der Waals surface area contributed by atoms with Crippen molar-refractivity contribution in [3.8, 4) is 0 Å². The summed E-state index contributed by atoms with van der Waals surface area (Å²) in [6, 6.07) is 4.30. The molecule has 1 spiro atoms. The predicted molar refractivity (Wildman–Crippen MR) is 158 cm³/mol. The van der Waals surface area contributed by atoms with Crippen molar-refractivity contribution in [3.05, 3.63) is 54.6 Å². The fraction of sp³-hybridized carbons (Fsp3) is 0.606. The molecule has 1 N–H and O–H groups in total. The third kappa shape index (κ3) is 5.61. The lowest BCUT2D eigenvalue weighted by Gasteiger charge is -2.40. The van der Waals surface area contributed by atoms with E-state index in [4.69, 9.17) is 9.47 Å². The van der Waals surface area contributed by atoms with Crippen LogP contribution in [0, 0.1) is 31.6 Å². The molecule has 3 saturated heterocycles. The number of allylic oxidation sites excluding steroid dienone is 1. The van der Waals surface area contributed by atoms with Crippen molar-refractivity contribution in [3.63, 3.8) is 0 Å². The summed E-state index contributed by atoms with van der Waals surface area (Å²) in [7, 11) is 0. The fourth-order valence-electron chi connectivity index (χ4n) is 7.31. The van der Waals surface area contributed by atoms with E-state index in [9.17, 15) is 19.5 Å². The van der Waals surface area contributed by atoms with Gasteiger partial charge in [0.05, 0.1) is 37.2 Å². The molecule has 3 fully saturated rings. The zero-order chi connectivity index (χ0) is 29.9. The van der Waals surface area contributed by atoms with Crippen LogP contribution < -0.4 is 4.90 Å². The Morgan fingerprint density at radius 3 is 2.54 bits per heavy atom. The van der Waals surface area contributed by atoms with E-state index in [0.717, 1.165) is 29.7 Å². The average Bonchev–Trinajstić information content (AvgIpc) is 3.58. The van der Waals surface area contributed by atoms with Gasteiger partial charge in [-0.25, -0.2) is 0 Å². The lowest BCUT2D eigenvalue weighted by molar-refractivity contribution is -0.156. The molecule has 3 heterocycles. The summed E-state index contributed by atoms with van der Waals surface area (Å²) < 4.78 is 12.3. The van der Waals surface area contributed by atoms with Crippen molar-refractivity contribution >= 4 is 23.5 Å². The van der Waals surface area contributed by atoms with Crippen LogP contribution in [-0.4, -0.2) is 71.3 Å². The second-order valence-electron chi connectivity index (χ2n) is 12.2. The van der Waals surface area contributed by atoms with Gasteiger partial charge in [-0.2, -0.15) is 0 Å². The molecule has 0 aliphatic carbocycles. The molecule has 6 atom stereocenters. The van der Waals surface area contributed by atoms with E-state index in [1.807, 2.05) is 52.0 Å². The fourth-order valence-corrected chi connectivity index (χ4v) is 7.31. The highest BCUT2D eigenvalue weighted by Gasteiger charge is 2.75. The predicted octanol–water partition coefficient (Wildman–Crippen LogP) is 4.50. The molecule has 0 saturated carbocycles. The first-order chi connectivity index (χ1) is 19.6. The highest BCUT2D eigenvalue weighted by molar-refractivity contribution is 6.05. The van der Waals surface area contributed by atoms with Crippen LogP contribution in [0.1, 0.15) is 63.5 Å². The standard InChI is InChI=1S/C33H46N2O6/c1-7-9-10-11-18-40-32(39)26-25-15-16-33(41-25)27(26)30(37)35(24(20-36)19-21(3)4)29(33)31(38)34(17-8-2)28-22(5)13-12-14-23(28)6/h7-8,12-14,21,24-27,29,36H,1-2,9-11,15-20H2,3-6H3/t24-,25-,26+,27+,29?,33?/m1/s1. The number of aliphatic hydroxyl groups excluding tert-OH is 1. The molecule has 8 nitrogen and oxygen atoms in total. The maximum absolute atomic E-state index is 14.8. The van der Waals surface area contributed by atoms with Gasteiger partial charge in [-0.1, -0.05) is 44.2 Å². The summed E-state index contributed by atoms with van der Waals surface area (Å²) in [6.45, 7) is 15.8. The summed E-state index contributed by atoms with van der Waals surface area (Å²) in [5.74, 6) is -2.46. The summed E-state index contributed by atoms with van der Waals surface area (Å²) >= 11 is 0. The summed E-state index contributed by atoms with van der Waals surface area (Å²) in [4.78, 5) is 45.8. The zero-order valence-corrected chi connectivity index (χ0v) is 25.0. The van der Waals surface area contributed by atoms with Crippen molar-refractivity contribution in [1.29, 1.82) is 0 Å². The normalized spacial score (nSPS) is 27.2. The van der Waals surface area contributed by atoms with Gasteiger partial charge in [0.25, 0.3) is 5.91 Å². The number of unbranched alkanes of at least 4 members (excludes halogenated alkanes) is 2. The molecule has 0 radical (unpaired) electrons. The molecule has 1 aromatic carbocycles. The second kappa shape index (κ2) is 12.9. The highest BCUT2D eigenvalue weighted by atomic mass is 16.6. The maximum atomic E-state index is 14.8. The zero-order valence-electron chi connectivity index (χ0n) is 25.0. The molecule has 41 heavy (non-hydrogen) atoms. The SMILES string of the molecule is C=CCCCCOC(=O)[C@@H]1[C@H]2C(=O)N([C@@H](CO)CC(C)C)C(C(=O)N(CC=C)c3c(C)cccc3C)C23CC[C@H]1O3. The van der Waals surface area contributed by atoms with Crippen molar-refractivity contribution in [2.75, 3.05) is 24.7 Å². The number of amides is 2. The Hall–Kier alpha value is -2.97. The average molecular weight is 567 g/mol. The van der Waals surface area contributed by atoms with Gasteiger partial charge in [-0.05, 0) is 69.4 Å². The van der Waals surface area contributed by atoms with Crippen LogP contribution in [0.5, 0.6) is 0 Å². The Morgan fingerprint density at radius 2 is 1.93 bits per heavy atom. The number of nitrogens with zero attached hydrogens (tertiary/aromatic N) is 2. The molecule has 4 rings (SSSR count). The first-order valence-electron chi connectivity index (χ1n) is 15.0. The molecule has 8 heteroatoms. The van der Waals surface area contributed by atoms with Crippen LogP contribution >= 0.6 is 0 Å². The van der Waals surface area contributed by atoms with Crippen LogP contribution in [-0.2, 0) is 23.9 Å². The second-order valence-corrected chi connectivity index (χ2v) is 12.2. The lowest BCUT2D eigenvalue weighted by Crippen LogP contribution is -2.59. The largest absolute Gasteiger partial charge is 0.465 e. The number of anilines is 1. The van der Waals surface area contributed by atoms with Crippen LogP contribution in [0.4, 0.5) is 5.69 Å². The number of hydrogen-bond donors (Lipinski definition) is 1. The van der Waals surface area contributed by atoms with E-state index in [1.54, 1.807) is 15.9 Å². The number of carbonyl (C=O) groups excluding carboxylic acids is 3. The summed E-state index contributed by atoms with van der Waals surface area (Å²) in [5, 5.41) is 10.5. The highest BCUT2D eigenvalue weighted by Crippen LogP contribution is 2.59. The molecular weight excluding hydrogens is 520 g/mol. The van der Waals surface area contributed by atoms with E-state index in [0.29, 0.717) is 25.7 Å². The van der Waals surface area contributed by atoms with Gasteiger partial charge in [-0.15, -0.1) is 13.2 Å². The number of likely N-dealkylation sites (tertiary alicyclic amines) is 1. The number of rotatable bonds is 14. The van der Waals surface area contributed by atoms with Crippen molar-refractivity contribution < 1.29 is 29.0 Å². The Bertz CT molecular complexity index is 1140. The number of fused-ring (bicyclic) bond motifs is 1. The number of ether oxygens (including phenoxy) is 2. The number of benzene rings is 1. The van der Waals surface area contributed by atoms with Gasteiger partial charge >= 0.3 is 5.97 Å². The number of esters is 1. The summed E-state index contributed by atoms with van der Waals surface area (Å²) in [6.07, 6.45) is 7.01. The molecular formula is C33H46N2O6. The van der Waals surface area contributed by atoms with Gasteiger partial charge < -0.3 is 24.4 Å². The van der Waals surface area contributed by atoms with Gasteiger partial charge in [-0.3, -0.25) is 14.4 Å². The third-order valence-electron chi connectivity index (χ3n) is 8.93. The van der Waals surface area contributed by atoms with Crippen molar-refractivity contribution in [1.82, 2.24) is 4.90 Å². The van der Waals surface area contributed by atoms with Gasteiger partial charge in [0, 0.05) is 12.2 Å². The molecule has 224 valence electrons. The van der Waals surface area contributed by atoms with Crippen LogP contribution in [0.2, 0.25) is 0 Å². The van der Waals surface area contributed by atoms with Crippen molar-refractivity contribution in [2.45, 2.75) is 90.0 Å². The molecule has 1 aromatic rings. The minimum Gasteiger partial charge on any atom is -0.465 e. The van der Waals surface area contributed by atoms with E-state index >= 15 is 0 Å². The Kier molecular flexibility index (Phi) is 9.75. The number of aliphatic hydroxyl groups is 1. The number of hydrogen-bond acceptors (Lipinski definition) is 6. The number of aryl methyl sites for hydroxylation is 2. The quantitative estimate of drug-likeness (QED) is 0.202. The topological polar surface area (TPSA) is 96.4 Å². The molecule has 3 aliphatic heterocycles. The van der Waals surface area contributed by atoms with E-state index in [2.05, 4.69) is 13.2 Å². The van der Waals surface area contributed by atoms with Crippen LogP contribution in [0.15, 0.2) is 43.5 Å². The molecule has 3 aliphatic rings. The number of para-hydroxylation sites is 1. The number of carbonyl (C=O) groups is 3. The van der Waals surface area contributed by atoms with Crippen LogP contribution in [0.3, 0.4) is 0 Å². The molecule has 2 bridgehead atoms. The Labute approximate surface area is 244 Å². The third-order valence-corrected chi connectivity index (χ3v) is 8.93. The minimum atomic E-state index is -1.16. The van der Waals surface area contributed by atoms with E-state index in [1.165, 1.54) is 0 Å². The monoisotopic (exact) mass is 566 g/mol. The van der Waals surface area contributed by atoms with E-state index < -0.39 is 41.6 Å². The van der Waals surface area contributed by atoms with Crippen molar-refractivity contribution in [2.24, 2.45) is 17.8 Å². The Balaban J connectivity index is 1.75.